The number of anilines is 1. The molecule has 2 N–H and O–H groups in total. The number of rotatable bonds is 3. The van der Waals surface area contributed by atoms with Crippen molar-refractivity contribution in [3.63, 3.8) is 0 Å². The van der Waals surface area contributed by atoms with Gasteiger partial charge in [-0.1, -0.05) is 6.92 Å². The van der Waals surface area contributed by atoms with Gasteiger partial charge in [0.1, 0.15) is 5.69 Å². The van der Waals surface area contributed by atoms with E-state index in [1.807, 2.05) is 11.8 Å². The van der Waals surface area contributed by atoms with Crippen LogP contribution >= 0.6 is 0 Å². The van der Waals surface area contributed by atoms with Crippen molar-refractivity contribution in [2.24, 2.45) is 11.1 Å². The van der Waals surface area contributed by atoms with E-state index in [4.69, 9.17) is 5.73 Å². The molecule has 0 bridgehead atoms. The Balaban J connectivity index is 2.07. The van der Waals surface area contributed by atoms with Crippen LogP contribution in [-0.2, 0) is 11.0 Å². The standard InChI is InChI=1S/C14H18F3N3O/c1-13(9-12(18)21)3-6-20(7-4-13)10-2-5-19-11(8-10)14(15,16)17/h2,5,8H,3-4,6-7,9H2,1H3,(H2,18,21). The maximum Gasteiger partial charge on any atom is 0.433 e. The maximum atomic E-state index is 12.7. The molecule has 7 heteroatoms. The van der Waals surface area contributed by atoms with Gasteiger partial charge in [-0.05, 0) is 30.4 Å². The monoisotopic (exact) mass is 301 g/mol. The summed E-state index contributed by atoms with van der Waals surface area (Å²) < 4.78 is 38.0. The van der Waals surface area contributed by atoms with Gasteiger partial charge in [-0.25, -0.2) is 0 Å². The second kappa shape index (κ2) is 5.54. The molecule has 0 aromatic carbocycles. The van der Waals surface area contributed by atoms with Gasteiger partial charge >= 0.3 is 6.18 Å². The minimum atomic E-state index is -4.44. The summed E-state index contributed by atoms with van der Waals surface area (Å²) >= 11 is 0. The van der Waals surface area contributed by atoms with Crippen LogP contribution < -0.4 is 10.6 Å². The van der Waals surface area contributed by atoms with Gasteiger partial charge in [0, 0.05) is 31.4 Å². The van der Waals surface area contributed by atoms with Crippen molar-refractivity contribution in [2.75, 3.05) is 18.0 Å². The molecule has 0 saturated carbocycles. The van der Waals surface area contributed by atoms with Crippen molar-refractivity contribution in [2.45, 2.75) is 32.4 Å². The van der Waals surface area contributed by atoms with Crippen molar-refractivity contribution in [3.05, 3.63) is 24.0 Å². The summed E-state index contributed by atoms with van der Waals surface area (Å²) in [5, 5.41) is 0. The predicted molar refractivity (Wildman–Crippen MR) is 72.6 cm³/mol. The molecule has 0 radical (unpaired) electrons. The Hall–Kier alpha value is -1.79. The Morgan fingerprint density at radius 1 is 1.43 bits per heavy atom. The number of amides is 1. The number of halogens is 3. The summed E-state index contributed by atoms with van der Waals surface area (Å²) in [5.74, 6) is -0.339. The van der Waals surface area contributed by atoms with E-state index in [2.05, 4.69) is 4.98 Å². The molecule has 0 unspecified atom stereocenters. The van der Waals surface area contributed by atoms with E-state index >= 15 is 0 Å². The summed E-state index contributed by atoms with van der Waals surface area (Å²) in [7, 11) is 0. The zero-order valence-electron chi connectivity index (χ0n) is 11.8. The first kappa shape index (κ1) is 15.6. The van der Waals surface area contributed by atoms with Crippen LogP contribution in [0.2, 0.25) is 0 Å². The van der Waals surface area contributed by atoms with E-state index in [-0.39, 0.29) is 11.3 Å². The molecule has 2 heterocycles. The number of aromatic nitrogens is 1. The topological polar surface area (TPSA) is 59.2 Å². The lowest BCUT2D eigenvalue weighted by Gasteiger charge is -2.40. The van der Waals surface area contributed by atoms with E-state index in [0.29, 0.717) is 25.2 Å². The molecule has 1 saturated heterocycles. The fraction of sp³-hybridized carbons (Fsp3) is 0.571. The maximum absolute atomic E-state index is 12.7. The molecule has 0 atom stereocenters. The van der Waals surface area contributed by atoms with E-state index in [1.54, 1.807) is 6.07 Å². The van der Waals surface area contributed by atoms with Gasteiger partial charge in [-0.3, -0.25) is 9.78 Å². The van der Waals surface area contributed by atoms with Gasteiger partial charge < -0.3 is 10.6 Å². The van der Waals surface area contributed by atoms with Crippen molar-refractivity contribution in [3.8, 4) is 0 Å². The summed E-state index contributed by atoms with van der Waals surface area (Å²) in [6, 6.07) is 2.64. The number of carbonyl (C=O) groups is 1. The molecule has 0 spiro atoms. The number of carbonyl (C=O) groups excluding carboxylic acids is 1. The minimum absolute atomic E-state index is 0.164. The summed E-state index contributed by atoms with van der Waals surface area (Å²) in [4.78, 5) is 16.3. The highest BCUT2D eigenvalue weighted by atomic mass is 19.4. The molecule has 2 rings (SSSR count). The fourth-order valence-electron chi connectivity index (χ4n) is 2.67. The molecule has 1 aromatic heterocycles. The summed E-state index contributed by atoms with van der Waals surface area (Å²) in [6.07, 6.45) is -1.51. The van der Waals surface area contributed by atoms with Gasteiger partial charge in [0.25, 0.3) is 0 Å². The summed E-state index contributed by atoms with van der Waals surface area (Å²) in [5.41, 5.74) is 4.70. The third-order valence-corrected chi connectivity index (χ3v) is 3.97. The van der Waals surface area contributed by atoms with Crippen LogP contribution in [0, 0.1) is 5.41 Å². The minimum Gasteiger partial charge on any atom is -0.371 e. The van der Waals surface area contributed by atoms with Crippen LogP contribution in [0.25, 0.3) is 0 Å². The Morgan fingerprint density at radius 2 is 2.05 bits per heavy atom. The number of primary amides is 1. The average Bonchev–Trinajstić information content (AvgIpc) is 2.37. The van der Waals surface area contributed by atoms with Crippen molar-refractivity contribution < 1.29 is 18.0 Å². The Bertz CT molecular complexity index is 522. The number of nitrogens with two attached hydrogens (primary N) is 1. The lowest BCUT2D eigenvalue weighted by Crippen LogP contribution is -2.40. The number of pyridine rings is 1. The van der Waals surface area contributed by atoms with Crippen molar-refractivity contribution in [1.82, 2.24) is 4.98 Å². The van der Waals surface area contributed by atoms with Gasteiger partial charge in [0.2, 0.25) is 5.91 Å². The van der Waals surface area contributed by atoms with E-state index < -0.39 is 11.9 Å². The first-order valence-electron chi connectivity index (χ1n) is 6.76. The third kappa shape index (κ3) is 3.86. The van der Waals surface area contributed by atoms with Gasteiger partial charge in [-0.2, -0.15) is 13.2 Å². The zero-order valence-corrected chi connectivity index (χ0v) is 11.8. The molecule has 0 aliphatic carbocycles. The number of nitrogens with zero attached hydrogens (tertiary/aromatic N) is 2. The van der Waals surface area contributed by atoms with Crippen LogP contribution in [0.5, 0.6) is 0 Å². The van der Waals surface area contributed by atoms with Crippen LogP contribution in [0.15, 0.2) is 18.3 Å². The van der Waals surface area contributed by atoms with Crippen molar-refractivity contribution >= 4 is 11.6 Å². The fourth-order valence-corrected chi connectivity index (χ4v) is 2.67. The van der Waals surface area contributed by atoms with Crippen LogP contribution in [0.4, 0.5) is 18.9 Å². The van der Waals surface area contributed by atoms with Gasteiger partial charge in [-0.15, -0.1) is 0 Å². The van der Waals surface area contributed by atoms with E-state index in [1.165, 1.54) is 6.20 Å². The molecule has 1 aliphatic heterocycles. The van der Waals surface area contributed by atoms with Gasteiger partial charge in [0.05, 0.1) is 0 Å². The highest BCUT2D eigenvalue weighted by Crippen LogP contribution is 2.36. The second-order valence-electron chi connectivity index (χ2n) is 5.84. The largest absolute Gasteiger partial charge is 0.433 e. The van der Waals surface area contributed by atoms with Crippen molar-refractivity contribution in [1.29, 1.82) is 0 Å². The second-order valence-corrected chi connectivity index (χ2v) is 5.84. The zero-order chi connectivity index (χ0) is 15.7. The smallest absolute Gasteiger partial charge is 0.371 e. The highest BCUT2D eigenvalue weighted by Gasteiger charge is 2.34. The Morgan fingerprint density at radius 3 is 2.57 bits per heavy atom. The molecular weight excluding hydrogens is 283 g/mol. The highest BCUT2D eigenvalue weighted by molar-refractivity contribution is 5.74. The first-order valence-corrected chi connectivity index (χ1v) is 6.76. The lowest BCUT2D eigenvalue weighted by atomic mass is 9.77. The number of alkyl halides is 3. The Labute approximate surface area is 121 Å². The normalized spacial score (nSPS) is 18.6. The van der Waals surface area contributed by atoms with Crippen LogP contribution in [0.1, 0.15) is 31.9 Å². The lowest BCUT2D eigenvalue weighted by molar-refractivity contribution is -0.141. The molecule has 1 aliphatic rings. The van der Waals surface area contributed by atoms with Crippen LogP contribution in [0.3, 0.4) is 0 Å². The molecule has 4 nitrogen and oxygen atoms in total. The predicted octanol–water partition coefficient (Wildman–Crippen LogP) is 2.58. The molecule has 1 fully saturated rings. The van der Waals surface area contributed by atoms with E-state index in [0.717, 1.165) is 18.9 Å². The van der Waals surface area contributed by atoms with Crippen LogP contribution in [-0.4, -0.2) is 24.0 Å². The van der Waals surface area contributed by atoms with E-state index in [9.17, 15) is 18.0 Å². The number of hydrogen-bond donors (Lipinski definition) is 1. The number of hydrogen-bond acceptors (Lipinski definition) is 3. The SMILES string of the molecule is CC1(CC(N)=O)CCN(c2ccnc(C(F)(F)F)c2)CC1. The average molecular weight is 301 g/mol. The third-order valence-electron chi connectivity index (χ3n) is 3.97. The molecule has 1 aromatic rings. The Kier molecular flexibility index (Phi) is 4.11. The molecular formula is C14H18F3N3O. The molecule has 116 valence electrons. The molecule has 1 amide bonds. The quantitative estimate of drug-likeness (QED) is 0.933. The van der Waals surface area contributed by atoms with Gasteiger partial charge in [0.15, 0.2) is 0 Å². The number of piperidine rings is 1. The molecule has 21 heavy (non-hydrogen) atoms. The summed E-state index contributed by atoms with van der Waals surface area (Å²) in [6.45, 7) is 3.19. The first-order chi connectivity index (χ1) is 9.70.